The monoisotopic (exact) mass is 383 g/mol. The van der Waals surface area contributed by atoms with Crippen LogP contribution >= 0.6 is 0 Å². The van der Waals surface area contributed by atoms with Gasteiger partial charge in [0.15, 0.2) is 11.5 Å². The first kappa shape index (κ1) is 19.2. The molecule has 0 spiro atoms. The van der Waals surface area contributed by atoms with Gasteiger partial charge < -0.3 is 18.6 Å². The van der Waals surface area contributed by atoms with Crippen molar-refractivity contribution in [2.45, 2.75) is 13.8 Å². The Morgan fingerprint density at radius 2 is 1.50 bits per heavy atom. The Morgan fingerprint density at radius 1 is 0.893 bits per heavy atom. The molecule has 0 bridgehead atoms. The molecule has 0 fully saturated rings. The third-order valence-electron chi connectivity index (χ3n) is 4.04. The van der Waals surface area contributed by atoms with Gasteiger partial charge in [0, 0.05) is 11.1 Å². The van der Waals surface area contributed by atoms with Crippen LogP contribution in [0.3, 0.4) is 0 Å². The molecule has 1 aromatic heterocycles. The van der Waals surface area contributed by atoms with Gasteiger partial charge in [0.2, 0.25) is 11.6 Å². The summed E-state index contributed by atoms with van der Waals surface area (Å²) in [6.07, 6.45) is 0. The molecule has 0 atom stereocenters. The van der Waals surface area contributed by atoms with Crippen molar-refractivity contribution < 1.29 is 23.4 Å². The average Bonchev–Trinajstić information content (AvgIpc) is 3.14. The van der Waals surface area contributed by atoms with Crippen LogP contribution in [0.1, 0.15) is 21.5 Å². The lowest BCUT2D eigenvalue weighted by molar-refractivity contribution is 0.102. The molecule has 28 heavy (non-hydrogen) atoms. The van der Waals surface area contributed by atoms with Crippen molar-refractivity contribution >= 4 is 11.9 Å². The highest BCUT2D eigenvalue weighted by Crippen LogP contribution is 2.38. The number of hydrogen-bond acceptors (Lipinski definition) is 7. The van der Waals surface area contributed by atoms with Gasteiger partial charge >= 0.3 is 6.01 Å². The van der Waals surface area contributed by atoms with Crippen molar-refractivity contribution in [3.05, 3.63) is 47.0 Å². The van der Waals surface area contributed by atoms with Crippen LogP contribution in [0.25, 0.3) is 11.5 Å². The first-order valence-corrected chi connectivity index (χ1v) is 8.48. The van der Waals surface area contributed by atoms with E-state index in [9.17, 15) is 4.79 Å². The molecule has 1 N–H and O–H groups in total. The van der Waals surface area contributed by atoms with Gasteiger partial charge in [-0.25, -0.2) is 0 Å². The molecule has 2 aromatic carbocycles. The zero-order valence-electron chi connectivity index (χ0n) is 16.3. The lowest BCUT2D eigenvalue weighted by Crippen LogP contribution is -2.13. The van der Waals surface area contributed by atoms with E-state index < -0.39 is 5.91 Å². The molecule has 0 aliphatic heterocycles. The first-order valence-electron chi connectivity index (χ1n) is 8.48. The van der Waals surface area contributed by atoms with Crippen LogP contribution in [0.5, 0.6) is 17.2 Å². The zero-order valence-corrected chi connectivity index (χ0v) is 16.3. The van der Waals surface area contributed by atoms with Crippen molar-refractivity contribution in [2.75, 3.05) is 26.6 Å². The third-order valence-corrected chi connectivity index (χ3v) is 4.04. The Balaban J connectivity index is 1.85. The van der Waals surface area contributed by atoms with Crippen molar-refractivity contribution in [1.29, 1.82) is 0 Å². The minimum absolute atomic E-state index is 0.00656. The second-order valence-electron chi connectivity index (χ2n) is 6.16. The summed E-state index contributed by atoms with van der Waals surface area (Å²) in [5.74, 6) is 1.01. The normalized spacial score (nSPS) is 10.5. The van der Waals surface area contributed by atoms with Crippen LogP contribution in [-0.2, 0) is 0 Å². The number of amides is 1. The van der Waals surface area contributed by atoms with Crippen LogP contribution < -0.4 is 19.5 Å². The minimum atomic E-state index is -0.449. The van der Waals surface area contributed by atoms with Gasteiger partial charge in [0.1, 0.15) is 0 Å². The SMILES string of the molecule is COc1cc(C(=O)Nc2nnc(-c3cc(C)cc(C)c3)o2)cc(OC)c1OC. The van der Waals surface area contributed by atoms with Crippen molar-refractivity contribution in [1.82, 2.24) is 10.2 Å². The summed E-state index contributed by atoms with van der Waals surface area (Å²) in [6.45, 7) is 3.97. The molecule has 146 valence electrons. The Kier molecular flexibility index (Phi) is 5.49. The van der Waals surface area contributed by atoms with Gasteiger partial charge in [-0.05, 0) is 38.1 Å². The van der Waals surface area contributed by atoms with E-state index in [4.69, 9.17) is 18.6 Å². The van der Waals surface area contributed by atoms with E-state index in [1.54, 1.807) is 0 Å². The molecular weight excluding hydrogens is 362 g/mol. The average molecular weight is 383 g/mol. The highest BCUT2D eigenvalue weighted by molar-refractivity contribution is 6.04. The van der Waals surface area contributed by atoms with E-state index in [1.807, 2.05) is 32.0 Å². The van der Waals surface area contributed by atoms with E-state index in [0.717, 1.165) is 16.7 Å². The van der Waals surface area contributed by atoms with Crippen molar-refractivity contribution in [2.24, 2.45) is 0 Å². The molecule has 0 saturated carbocycles. The molecule has 1 amide bonds. The van der Waals surface area contributed by atoms with E-state index in [2.05, 4.69) is 15.5 Å². The molecule has 1 heterocycles. The Bertz CT molecular complexity index is 968. The molecule has 3 rings (SSSR count). The summed E-state index contributed by atoms with van der Waals surface area (Å²) in [4.78, 5) is 12.6. The van der Waals surface area contributed by atoms with Crippen molar-refractivity contribution in [3.8, 4) is 28.7 Å². The maximum absolute atomic E-state index is 12.6. The smallest absolute Gasteiger partial charge is 0.322 e. The van der Waals surface area contributed by atoms with E-state index in [1.165, 1.54) is 33.5 Å². The van der Waals surface area contributed by atoms with Crippen LogP contribution in [0.15, 0.2) is 34.7 Å². The predicted octanol–water partition coefficient (Wildman–Crippen LogP) is 3.63. The van der Waals surface area contributed by atoms with E-state index >= 15 is 0 Å². The fraction of sp³-hybridized carbons (Fsp3) is 0.250. The van der Waals surface area contributed by atoms with Gasteiger partial charge in [-0.3, -0.25) is 10.1 Å². The minimum Gasteiger partial charge on any atom is -0.493 e. The van der Waals surface area contributed by atoms with Crippen molar-refractivity contribution in [3.63, 3.8) is 0 Å². The Labute approximate surface area is 162 Å². The molecule has 0 saturated heterocycles. The number of benzene rings is 2. The number of carbonyl (C=O) groups is 1. The summed E-state index contributed by atoms with van der Waals surface area (Å²) in [5, 5.41) is 10.5. The Morgan fingerprint density at radius 3 is 2.04 bits per heavy atom. The van der Waals surface area contributed by atoms with Gasteiger partial charge in [-0.2, -0.15) is 0 Å². The number of ether oxygens (including phenoxy) is 3. The molecule has 8 nitrogen and oxygen atoms in total. The predicted molar refractivity (Wildman–Crippen MR) is 103 cm³/mol. The number of aryl methyl sites for hydroxylation is 2. The summed E-state index contributed by atoms with van der Waals surface area (Å²) in [5.41, 5.74) is 3.24. The molecule has 0 aliphatic rings. The highest BCUT2D eigenvalue weighted by atomic mass is 16.5. The fourth-order valence-corrected chi connectivity index (χ4v) is 2.87. The van der Waals surface area contributed by atoms with Gasteiger partial charge in [-0.1, -0.05) is 22.3 Å². The van der Waals surface area contributed by atoms with Crippen LogP contribution in [0, 0.1) is 13.8 Å². The summed E-state index contributed by atoms with van der Waals surface area (Å²) in [7, 11) is 4.45. The lowest BCUT2D eigenvalue weighted by Gasteiger charge is -2.13. The van der Waals surface area contributed by atoms with Crippen LogP contribution in [0.4, 0.5) is 6.01 Å². The van der Waals surface area contributed by atoms with Gasteiger partial charge in [0.05, 0.1) is 21.3 Å². The highest BCUT2D eigenvalue weighted by Gasteiger charge is 2.19. The second kappa shape index (κ2) is 7.99. The number of aromatic nitrogens is 2. The summed E-state index contributed by atoms with van der Waals surface area (Å²) >= 11 is 0. The van der Waals surface area contributed by atoms with Gasteiger partial charge in [0.25, 0.3) is 5.91 Å². The number of anilines is 1. The molecule has 0 unspecified atom stereocenters. The first-order chi connectivity index (χ1) is 13.4. The summed E-state index contributed by atoms with van der Waals surface area (Å²) < 4.78 is 21.4. The standard InChI is InChI=1S/C20H21N3O5/c1-11-6-12(2)8-14(7-11)19-22-23-20(28-19)21-18(24)13-9-15(25-3)17(27-5)16(10-13)26-4/h6-10H,1-5H3,(H,21,23,24). The quantitative estimate of drug-likeness (QED) is 0.694. The maximum Gasteiger partial charge on any atom is 0.322 e. The molecule has 3 aromatic rings. The largest absolute Gasteiger partial charge is 0.493 e. The topological polar surface area (TPSA) is 95.7 Å². The maximum atomic E-state index is 12.6. The summed E-state index contributed by atoms with van der Waals surface area (Å²) in [6, 6.07) is 8.99. The number of nitrogens with one attached hydrogen (secondary N) is 1. The number of hydrogen-bond donors (Lipinski definition) is 1. The zero-order chi connectivity index (χ0) is 20.3. The molecule has 0 radical (unpaired) electrons. The number of nitrogens with zero attached hydrogens (tertiary/aromatic N) is 2. The van der Waals surface area contributed by atoms with Crippen LogP contribution in [-0.4, -0.2) is 37.4 Å². The fourth-order valence-electron chi connectivity index (χ4n) is 2.87. The lowest BCUT2D eigenvalue weighted by atomic mass is 10.1. The van der Waals surface area contributed by atoms with E-state index in [0.29, 0.717) is 28.7 Å². The van der Waals surface area contributed by atoms with Gasteiger partial charge in [-0.15, -0.1) is 5.10 Å². The number of methoxy groups -OCH3 is 3. The molecular formula is C20H21N3O5. The number of carbonyl (C=O) groups excluding carboxylic acids is 1. The third kappa shape index (κ3) is 3.90. The second-order valence-corrected chi connectivity index (χ2v) is 6.16. The molecule has 0 aliphatic carbocycles. The van der Waals surface area contributed by atoms with Crippen LogP contribution in [0.2, 0.25) is 0 Å². The Hall–Kier alpha value is -3.55. The van der Waals surface area contributed by atoms with E-state index in [-0.39, 0.29) is 6.01 Å². The number of rotatable bonds is 6. The molecule has 8 heteroatoms.